The molecule has 1 aliphatic heterocycles. The Kier molecular flexibility index (Phi) is 4.07. The van der Waals surface area contributed by atoms with Gasteiger partial charge in [0.2, 0.25) is 0 Å². The molecule has 1 saturated carbocycles. The lowest BCUT2D eigenvalue weighted by atomic mass is 10.2. The number of carboxylic acids is 1. The number of carboxylic acid groups (broad SMARTS) is 1. The second kappa shape index (κ2) is 5.14. The quantitative estimate of drug-likeness (QED) is 0.455. The predicted octanol–water partition coefficient (Wildman–Crippen LogP) is 1.29. The van der Waals surface area contributed by atoms with E-state index in [1.807, 2.05) is 0 Å². The first-order valence-electron chi connectivity index (χ1n) is 5.27. The van der Waals surface area contributed by atoms with E-state index in [2.05, 4.69) is 13.2 Å². The summed E-state index contributed by atoms with van der Waals surface area (Å²) in [6, 6.07) is 0. The Morgan fingerprint density at radius 3 is 2.24 bits per heavy atom. The Bertz CT molecular complexity index is 350. The maximum atomic E-state index is 11.2. The smallest absolute Gasteiger partial charge is 0.333 e. The molecule has 1 N–H and O–H groups in total. The van der Waals surface area contributed by atoms with Crippen molar-refractivity contribution in [2.75, 3.05) is 6.61 Å². The van der Waals surface area contributed by atoms with Gasteiger partial charge in [-0.05, 0) is 19.8 Å². The zero-order chi connectivity index (χ0) is 13.1. The Hall–Kier alpha value is -1.62. The lowest BCUT2D eigenvalue weighted by molar-refractivity contribution is -0.147. The van der Waals surface area contributed by atoms with Gasteiger partial charge in [0.05, 0.1) is 6.61 Å². The molecule has 0 radical (unpaired) electrons. The molecule has 17 heavy (non-hydrogen) atoms. The van der Waals surface area contributed by atoms with Crippen molar-refractivity contribution in [3.8, 4) is 0 Å². The summed E-state index contributed by atoms with van der Waals surface area (Å²) in [5.74, 6) is -1.27. The number of hydrogen-bond donors (Lipinski definition) is 1. The summed E-state index contributed by atoms with van der Waals surface area (Å²) in [6.45, 7) is 8.89. The van der Waals surface area contributed by atoms with Crippen molar-refractivity contribution in [1.82, 2.24) is 0 Å². The number of epoxide rings is 1. The fourth-order valence-corrected chi connectivity index (χ4v) is 1.24. The van der Waals surface area contributed by atoms with Crippen LogP contribution in [-0.4, -0.2) is 35.4 Å². The summed E-state index contributed by atoms with van der Waals surface area (Å²) >= 11 is 0. The maximum Gasteiger partial charge on any atom is 0.333 e. The molecular formula is C12H16O5. The average Bonchev–Trinajstić information content (AvgIpc) is 3.11. The van der Waals surface area contributed by atoms with Gasteiger partial charge in [-0.3, -0.25) is 0 Å². The summed E-state index contributed by atoms with van der Waals surface area (Å²) in [4.78, 5) is 20.4. The first-order chi connectivity index (χ1) is 7.91. The SMILES string of the molecule is C=C(C)C(=O)OC1(C2CO2)CC1.C=CC(=O)O. The standard InChI is InChI=1S/C9H12O3.C3H4O2/c1-6(2)8(10)12-9(3-4-9)7-5-11-7;1-2-3(4)5/h7H,1,3-5H2,2H3;2H,1H2,(H,4,5). The molecule has 1 saturated heterocycles. The molecule has 5 heteroatoms. The van der Waals surface area contributed by atoms with Crippen LogP contribution in [0.25, 0.3) is 0 Å². The molecule has 0 bridgehead atoms. The van der Waals surface area contributed by atoms with Crippen LogP contribution in [0.4, 0.5) is 0 Å². The Labute approximate surface area is 99.7 Å². The van der Waals surface area contributed by atoms with E-state index in [0.717, 1.165) is 25.5 Å². The Morgan fingerprint density at radius 2 is 2.00 bits per heavy atom. The van der Waals surface area contributed by atoms with Gasteiger partial charge in [-0.25, -0.2) is 9.59 Å². The molecule has 5 nitrogen and oxygen atoms in total. The molecule has 1 unspecified atom stereocenters. The normalized spacial score (nSPS) is 22.5. The highest BCUT2D eigenvalue weighted by molar-refractivity contribution is 5.87. The van der Waals surface area contributed by atoms with E-state index >= 15 is 0 Å². The van der Waals surface area contributed by atoms with E-state index in [9.17, 15) is 9.59 Å². The van der Waals surface area contributed by atoms with Gasteiger partial charge in [0.25, 0.3) is 0 Å². The second-order valence-corrected chi connectivity index (χ2v) is 4.10. The number of rotatable bonds is 4. The van der Waals surface area contributed by atoms with Gasteiger partial charge >= 0.3 is 11.9 Å². The van der Waals surface area contributed by atoms with E-state index in [4.69, 9.17) is 14.6 Å². The molecule has 0 aromatic heterocycles. The first-order valence-corrected chi connectivity index (χ1v) is 5.27. The number of esters is 1. The molecule has 1 atom stereocenters. The Balaban J connectivity index is 0.000000249. The van der Waals surface area contributed by atoms with Crippen LogP contribution in [0, 0.1) is 0 Å². The van der Waals surface area contributed by atoms with Crippen LogP contribution in [-0.2, 0) is 19.1 Å². The van der Waals surface area contributed by atoms with Gasteiger partial charge in [0.1, 0.15) is 11.7 Å². The van der Waals surface area contributed by atoms with Gasteiger partial charge in [0, 0.05) is 11.6 Å². The van der Waals surface area contributed by atoms with Crippen LogP contribution >= 0.6 is 0 Å². The topological polar surface area (TPSA) is 76.1 Å². The zero-order valence-corrected chi connectivity index (χ0v) is 9.77. The van der Waals surface area contributed by atoms with Crippen LogP contribution in [0.2, 0.25) is 0 Å². The number of aliphatic carboxylic acids is 1. The van der Waals surface area contributed by atoms with Gasteiger partial charge in [0.15, 0.2) is 0 Å². The third-order valence-corrected chi connectivity index (χ3v) is 2.48. The van der Waals surface area contributed by atoms with Gasteiger partial charge < -0.3 is 14.6 Å². The van der Waals surface area contributed by atoms with E-state index in [1.165, 1.54) is 0 Å². The average molecular weight is 240 g/mol. The van der Waals surface area contributed by atoms with Gasteiger partial charge in [-0.15, -0.1) is 0 Å². The maximum absolute atomic E-state index is 11.2. The van der Waals surface area contributed by atoms with E-state index in [0.29, 0.717) is 5.57 Å². The third kappa shape index (κ3) is 4.03. The highest BCUT2D eigenvalue weighted by atomic mass is 16.6. The molecule has 94 valence electrons. The van der Waals surface area contributed by atoms with E-state index in [-0.39, 0.29) is 17.7 Å². The van der Waals surface area contributed by atoms with Crippen LogP contribution in [0.5, 0.6) is 0 Å². The van der Waals surface area contributed by atoms with Crippen molar-refractivity contribution in [2.24, 2.45) is 0 Å². The molecule has 0 spiro atoms. The van der Waals surface area contributed by atoms with E-state index < -0.39 is 5.97 Å². The lowest BCUT2D eigenvalue weighted by Gasteiger charge is -2.13. The van der Waals surface area contributed by atoms with Crippen LogP contribution in [0.1, 0.15) is 19.8 Å². The molecule has 0 aromatic carbocycles. The highest BCUT2D eigenvalue weighted by Gasteiger charge is 2.59. The van der Waals surface area contributed by atoms with Crippen LogP contribution in [0.3, 0.4) is 0 Å². The minimum absolute atomic E-state index is 0.167. The highest BCUT2D eigenvalue weighted by Crippen LogP contribution is 2.48. The van der Waals surface area contributed by atoms with Gasteiger partial charge in [-0.2, -0.15) is 0 Å². The zero-order valence-electron chi connectivity index (χ0n) is 9.77. The molecule has 0 amide bonds. The van der Waals surface area contributed by atoms with Crippen molar-refractivity contribution in [2.45, 2.75) is 31.5 Å². The van der Waals surface area contributed by atoms with Crippen molar-refractivity contribution in [3.05, 3.63) is 24.8 Å². The second-order valence-electron chi connectivity index (χ2n) is 4.10. The number of carbonyl (C=O) groups excluding carboxylic acids is 1. The molecule has 0 aromatic rings. The molecule has 1 heterocycles. The minimum atomic E-state index is -0.981. The first kappa shape index (κ1) is 13.4. The molecular weight excluding hydrogens is 224 g/mol. The summed E-state index contributed by atoms with van der Waals surface area (Å²) < 4.78 is 10.4. The summed E-state index contributed by atoms with van der Waals surface area (Å²) in [5, 5.41) is 7.60. The Morgan fingerprint density at radius 1 is 1.53 bits per heavy atom. The van der Waals surface area contributed by atoms with E-state index in [1.54, 1.807) is 6.92 Å². The number of carbonyl (C=O) groups is 2. The van der Waals surface area contributed by atoms with Crippen LogP contribution in [0.15, 0.2) is 24.8 Å². The molecule has 2 fully saturated rings. The van der Waals surface area contributed by atoms with Crippen molar-refractivity contribution in [1.29, 1.82) is 0 Å². The third-order valence-electron chi connectivity index (χ3n) is 2.48. The van der Waals surface area contributed by atoms with Crippen molar-refractivity contribution >= 4 is 11.9 Å². The molecule has 1 aliphatic carbocycles. The monoisotopic (exact) mass is 240 g/mol. The molecule has 2 aliphatic rings. The summed E-state index contributed by atoms with van der Waals surface area (Å²) in [5.41, 5.74) is 0.192. The number of ether oxygens (including phenoxy) is 2. The lowest BCUT2D eigenvalue weighted by Crippen LogP contribution is -2.25. The minimum Gasteiger partial charge on any atom is -0.478 e. The van der Waals surface area contributed by atoms with Gasteiger partial charge in [-0.1, -0.05) is 13.2 Å². The molecule has 2 rings (SSSR count). The van der Waals surface area contributed by atoms with Crippen molar-refractivity contribution in [3.63, 3.8) is 0 Å². The van der Waals surface area contributed by atoms with Crippen molar-refractivity contribution < 1.29 is 24.2 Å². The predicted molar refractivity (Wildman–Crippen MR) is 60.4 cm³/mol. The number of hydrogen-bond acceptors (Lipinski definition) is 4. The fraction of sp³-hybridized carbons (Fsp3) is 0.500. The summed E-state index contributed by atoms with van der Waals surface area (Å²) in [7, 11) is 0. The fourth-order valence-electron chi connectivity index (χ4n) is 1.24. The van der Waals surface area contributed by atoms with Crippen LogP contribution < -0.4 is 0 Å². The summed E-state index contributed by atoms with van der Waals surface area (Å²) in [6.07, 6.45) is 2.88. The largest absolute Gasteiger partial charge is 0.478 e.